The summed E-state index contributed by atoms with van der Waals surface area (Å²) in [5.74, 6) is -1.23. The van der Waals surface area contributed by atoms with Crippen LogP contribution in [0.1, 0.15) is 37.6 Å². The van der Waals surface area contributed by atoms with E-state index in [1.54, 1.807) is 47.0 Å². The molecule has 2 atom stereocenters. The molecule has 1 fully saturated rings. The number of primary amides is 1. The summed E-state index contributed by atoms with van der Waals surface area (Å²) in [7, 11) is 3.25. The molecule has 162 valence electrons. The highest BCUT2D eigenvalue weighted by Gasteiger charge is 2.57. The van der Waals surface area contributed by atoms with Gasteiger partial charge >= 0.3 is 6.09 Å². The van der Waals surface area contributed by atoms with Gasteiger partial charge in [-0.05, 0) is 39.0 Å². The summed E-state index contributed by atoms with van der Waals surface area (Å²) < 4.78 is 11.4. The molecule has 0 bridgehead atoms. The first-order chi connectivity index (χ1) is 13.8. The zero-order chi connectivity index (χ0) is 22.4. The number of amides is 4. The minimum atomic E-state index is -1.52. The predicted molar refractivity (Wildman–Crippen MR) is 107 cm³/mol. The Morgan fingerprint density at radius 1 is 1.30 bits per heavy atom. The molecule has 0 aromatic heterocycles. The van der Waals surface area contributed by atoms with E-state index in [2.05, 4.69) is 5.32 Å². The van der Waals surface area contributed by atoms with Gasteiger partial charge in [0.2, 0.25) is 11.5 Å². The lowest BCUT2D eigenvalue weighted by Gasteiger charge is -2.34. The van der Waals surface area contributed by atoms with Gasteiger partial charge in [-0.15, -0.1) is 0 Å². The second-order valence-electron chi connectivity index (χ2n) is 8.69. The maximum atomic E-state index is 12.9. The molecule has 3 N–H and O–H groups in total. The molecule has 1 saturated heterocycles. The molecule has 1 aromatic rings. The van der Waals surface area contributed by atoms with Crippen molar-refractivity contribution in [2.45, 2.75) is 44.4 Å². The minimum Gasteiger partial charge on any atom is -0.473 e. The molecule has 10 heteroatoms. The van der Waals surface area contributed by atoms with Gasteiger partial charge in [-0.3, -0.25) is 19.3 Å². The first kappa shape index (κ1) is 21.4. The molecule has 0 saturated carbocycles. The van der Waals surface area contributed by atoms with E-state index in [0.29, 0.717) is 11.3 Å². The van der Waals surface area contributed by atoms with E-state index < -0.39 is 35.2 Å². The zero-order valence-corrected chi connectivity index (χ0v) is 17.6. The normalized spacial score (nSPS) is 22.8. The Balaban J connectivity index is 1.93. The Morgan fingerprint density at radius 3 is 2.53 bits per heavy atom. The van der Waals surface area contributed by atoms with E-state index in [4.69, 9.17) is 15.2 Å². The number of benzene rings is 1. The molecule has 0 aliphatic carbocycles. The van der Waals surface area contributed by atoms with Crippen LogP contribution in [-0.2, 0) is 14.3 Å². The molecular weight excluding hydrogens is 392 g/mol. The fraction of sp³-hybridized carbons (Fsp3) is 0.500. The summed E-state index contributed by atoms with van der Waals surface area (Å²) in [4.78, 5) is 52.3. The van der Waals surface area contributed by atoms with Crippen molar-refractivity contribution < 1.29 is 28.7 Å². The Bertz CT molecular complexity index is 922. The van der Waals surface area contributed by atoms with Gasteiger partial charge in [0, 0.05) is 26.1 Å². The van der Waals surface area contributed by atoms with Gasteiger partial charge in [-0.25, -0.2) is 4.79 Å². The van der Waals surface area contributed by atoms with Gasteiger partial charge in [0.05, 0.1) is 12.2 Å². The van der Waals surface area contributed by atoms with Crippen molar-refractivity contribution in [3.63, 3.8) is 0 Å². The van der Waals surface area contributed by atoms with Crippen LogP contribution in [0.25, 0.3) is 0 Å². The zero-order valence-electron chi connectivity index (χ0n) is 17.6. The van der Waals surface area contributed by atoms with Crippen molar-refractivity contribution in [2.24, 2.45) is 5.73 Å². The Kier molecular flexibility index (Phi) is 5.13. The lowest BCUT2D eigenvalue weighted by Crippen LogP contribution is -2.53. The molecule has 10 nitrogen and oxygen atoms in total. The summed E-state index contributed by atoms with van der Waals surface area (Å²) in [5, 5.41) is 2.74. The van der Waals surface area contributed by atoms with Crippen LogP contribution in [-0.4, -0.2) is 71.5 Å². The van der Waals surface area contributed by atoms with Crippen LogP contribution in [0, 0.1) is 0 Å². The number of nitrogens with one attached hydrogen (secondary N) is 1. The number of carbonyl (C=O) groups is 4. The number of likely N-dealkylation sites (tertiary alicyclic amines) is 1. The maximum Gasteiger partial charge on any atom is 0.411 e. The fourth-order valence-corrected chi connectivity index (χ4v) is 3.47. The number of rotatable bonds is 2. The number of hydrogen-bond acceptors (Lipinski definition) is 6. The Morgan fingerprint density at radius 2 is 1.97 bits per heavy atom. The maximum absolute atomic E-state index is 12.9. The molecule has 0 unspecified atom stereocenters. The van der Waals surface area contributed by atoms with Gasteiger partial charge in [0.1, 0.15) is 17.4 Å². The smallest absolute Gasteiger partial charge is 0.411 e. The van der Waals surface area contributed by atoms with E-state index in [-0.39, 0.29) is 24.6 Å². The molecule has 3 rings (SSSR count). The lowest BCUT2D eigenvalue weighted by atomic mass is 9.96. The van der Waals surface area contributed by atoms with E-state index in [1.807, 2.05) is 0 Å². The Hall–Kier alpha value is -3.30. The monoisotopic (exact) mass is 418 g/mol. The quantitative estimate of drug-likeness (QED) is 0.735. The largest absolute Gasteiger partial charge is 0.473 e. The third-order valence-electron chi connectivity index (χ3n) is 4.88. The molecule has 1 spiro atoms. The number of fused-ring (bicyclic) bond motifs is 1. The van der Waals surface area contributed by atoms with Crippen molar-refractivity contribution in [1.29, 1.82) is 0 Å². The summed E-state index contributed by atoms with van der Waals surface area (Å²) in [6.07, 6.45) is -0.888. The second-order valence-corrected chi connectivity index (χ2v) is 8.69. The van der Waals surface area contributed by atoms with Crippen LogP contribution < -0.4 is 15.8 Å². The molecule has 2 aliphatic heterocycles. The number of nitrogens with two attached hydrogens (primary N) is 1. The summed E-state index contributed by atoms with van der Waals surface area (Å²) in [6, 6.07) is 3.60. The van der Waals surface area contributed by atoms with Crippen LogP contribution in [0.3, 0.4) is 0 Å². The average molecular weight is 418 g/mol. The van der Waals surface area contributed by atoms with Gasteiger partial charge in [-0.1, -0.05) is 0 Å². The topological polar surface area (TPSA) is 131 Å². The SMILES string of the molecule is CN(C)C(=O)c1ccc2c(c1)O[C@@]1(C[C@@H](C(N)=O)N(C(=O)OC(C)(C)C)C1)C(=O)N2. The third kappa shape index (κ3) is 3.89. The average Bonchev–Trinajstić information content (AvgIpc) is 3.01. The number of ether oxygens (including phenoxy) is 2. The van der Waals surface area contributed by atoms with Crippen molar-refractivity contribution in [1.82, 2.24) is 9.80 Å². The molecule has 2 aliphatic rings. The van der Waals surface area contributed by atoms with Crippen LogP contribution in [0.5, 0.6) is 5.75 Å². The number of carbonyl (C=O) groups excluding carboxylic acids is 4. The highest BCUT2D eigenvalue weighted by atomic mass is 16.6. The molecule has 1 aromatic carbocycles. The van der Waals surface area contributed by atoms with Gasteiger partial charge in [0.15, 0.2) is 0 Å². The van der Waals surface area contributed by atoms with Crippen LogP contribution in [0.2, 0.25) is 0 Å². The minimum absolute atomic E-state index is 0.126. The highest BCUT2D eigenvalue weighted by Crippen LogP contribution is 2.41. The van der Waals surface area contributed by atoms with E-state index in [9.17, 15) is 19.2 Å². The first-order valence-corrected chi connectivity index (χ1v) is 9.48. The van der Waals surface area contributed by atoms with Gasteiger partial charge in [-0.2, -0.15) is 0 Å². The van der Waals surface area contributed by atoms with Crippen molar-refractivity contribution in [3.05, 3.63) is 23.8 Å². The van der Waals surface area contributed by atoms with Gasteiger partial charge < -0.3 is 25.4 Å². The predicted octanol–water partition coefficient (Wildman–Crippen LogP) is 0.953. The molecule has 30 heavy (non-hydrogen) atoms. The molecule has 2 heterocycles. The standard InChI is InChI=1S/C20H26N4O6/c1-19(2,3)30-18(28)24-10-20(9-13(24)15(21)25)17(27)22-12-7-6-11(8-14(12)29-20)16(26)23(4)5/h6-8,13H,9-10H2,1-5H3,(H2,21,25)(H,22,27)/t13-,20+/m0/s1. The summed E-state index contributed by atoms with van der Waals surface area (Å²) >= 11 is 0. The summed E-state index contributed by atoms with van der Waals surface area (Å²) in [5.41, 5.74) is 3.94. The number of hydrogen-bond donors (Lipinski definition) is 2. The fourth-order valence-electron chi connectivity index (χ4n) is 3.47. The number of anilines is 1. The Labute approximate surface area is 174 Å². The van der Waals surface area contributed by atoms with E-state index >= 15 is 0 Å². The second kappa shape index (κ2) is 7.19. The third-order valence-corrected chi connectivity index (χ3v) is 4.88. The molecule has 4 amide bonds. The van der Waals surface area contributed by atoms with E-state index in [1.165, 1.54) is 11.0 Å². The first-order valence-electron chi connectivity index (χ1n) is 9.48. The van der Waals surface area contributed by atoms with Crippen LogP contribution in [0.4, 0.5) is 10.5 Å². The van der Waals surface area contributed by atoms with Crippen molar-refractivity contribution >= 4 is 29.5 Å². The van der Waals surface area contributed by atoms with Crippen molar-refractivity contribution in [2.75, 3.05) is 26.0 Å². The molecular formula is C20H26N4O6. The number of nitrogens with zero attached hydrogens (tertiary/aromatic N) is 2. The van der Waals surface area contributed by atoms with E-state index in [0.717, 1.165) is 4.90 Å². The van der Waals surface area contributed by atoms with Crippen LogP contribution in [0.15, 0.2) is 18.2 Å². The summed E-state index contributed by atoms with van der Waals surface area (Å²) in [6.45, 7) is 4.87. The van der Waals surface area contributed by atoms with Crippen LogP contribution >= 0.6 is 0 Å². The lowest BCUT2D eigenvalue weighted by molar-refractivity contribution is -0.131. The van der Waals surface area contributed by atoms with Gasteiger partial charge in [0.25, 0.3) is 11.8 Å². The molecule has 0 radical (unpaired) electrons. The highest BCUT2D eigenvalue weighted by molar-refractivity contribution is 6.04. The van der Waals surface area contributed by atoms with Crippen molar-refractivity contribution in [3.8, 4) is 5.75 Å².